The average Bonchev–Trinajstić information content (AvgIpc) is 2.38. The Morgan fingerprint density at radius 2 is 1.61 bits per heavy atom. The van der Waals surface area contributed by atoms with Crippen LogP contribution in [0.4, 0.5) is 0 Å². The number of methoxy groups -OCH3 is 2. The van der Waals surface area contributed by atoms with Gasteiger partial charge in [-0.25, -0.2) is 0 Å². The molecule has 4 nitrogen and oxygen atoms in total. The molecule has 1 rings (SSSR count). The Balaban J connectivity index is 2.89. The highest BCUT2D eigenvalue weighted by Crippen LogP contribution is 2.28. The van der Waals surface area contributed by atoms with Crippen molar-refractivity contribution in [1.29, 1.82) is 0 Å². The highest BCUT2D eigenvalue weighted by molar-refractivity contribution is 5.39. The smallest absolute Gasteiger partial charge is 0.122 e. The third-order valence-electron chi connectivity index (χ3n) is 3.01. The Kier molecular flexibility index (Phi) is 5.95. The molecule has 1 aromatic rings. The molecule has 18 heavy (non-hydrogen) atoms. The van der Waals surface area contributed by atoms with Crippen molar-refractivity contribution in [3.63, 3.8) is 0 Å². The van der Waals surface area contributed by atoms with Crippen molar-refractivity contribution in [2.75, 3.05) is 14.2 Å². The van der Waals surface area contributed by atoms with E-state index in [1.807, 2.05) is 18.2 Å². The third-order valence-corrected chi connectivity index (χ3v) is 3.01. The molecule has 3 N–H and O–H groups in total. The largest absolute Gasteiger partial charge is 0.497 e. The summed E-state index contributed by atoms with van der Waals surface area (Å²) < 4.78 is 10.5. The molecule has 0 aliphatic carbocycles. The second-order valence-corrected chi connectivity index (χ2v) is 4.84. The molecule has 0 heterocycles. The minimum Gasteiger partial charge on any atom is -0.497 e. The van der Waals surface area contributed by atoms with E-state index in [0.717, 1.165) is 29.9 Å². The Hall–Kier alpha value is -1.26. The van der Waals surface area contributed by atoms with Crippen LogP contribution in [-0.4, -0.2) is 14.2 Å². The lowest BCUT2D eigenvalue weighted by atomic mass is 9.98. The predicted molar refractivity (Wildman–Crippen MR) is 73.7 cm³/mol. The summed E-state index contributed by atoms with van der Waals surface area (Å²) in [6, 6.07) is 5.97. The maximum absolute atomic E-state index is 5.64. The fourth-order valence-corrected chi connectivity index (χ4v) is 1.88. The van der Waals surface area contributed by atoms with Gasteiger partial charge >= 0.3 is 0 Å². The van der Waals surface area contributed by atoms with Crippen molar-refractivity contribution in [3.05, 3.63) is 23.8 Å². The van der Waals surface area contributed by atoms with Crippen molar-refractivity contribution < 1.29 is 9.47 Å². The van der Waals surface area contributed by atoms with Crippen molar-refractivity contribution in [3.8, 4) is 11.5 Å². The first-order chi connectivity index (χ1) is 8.60. The van der Waals surface area contributed by atoms with Crippen LogP contribution in [0.15, 0.2) is 18.2 Å². The zero-order valence-corrected chi connectivity index (χ0v) is 11.7. The van der Waals surface area contributed by atoms with Gasteiger partial charge in [0.1, 0.15) is 11.5 Å². The highest BCUT2D eigenvalue weighted by Gasteiger charge is 2.13. The van der Waals surface area contributed by atoms with E-state index in [1.165, 1.54) is 0 Å². The first-order valence-electron chi connectivity index (χ1n) is 6.29. The summed E-state index contributed by atoms with van der Waals surface area (Å²) in [5.41, 5.74) is 3.96. The van der Waals surface area contributed by atoms with Crippen LogP contribution in [-0.2, 0) is 0 Å². The van der Waals surface area contributed by atoms with Gasteiger partial charge in [-0.05, 0) is 36.5 Å². The van der Waals surface area contributed by atoms with Gasteiger partial charge in [-0.3, -0.25) is 11.3 Å². The van der Waals surface area contributed by atoms with Gasteiger partial charge in [-0.15, -0.1) is 0 Å². The quantitative estimate of drug-likeness (QED) is 0.578. The van der Waals surface area contributed by atoms with Crippen molar-refractivity contribution in [1.82, 2.24) is 5.43 Å². The molecule has 102 valence electrons. The van der Waals surface area contributed by atoms with E-state index in [9.17, 15) is 0 Å². The SMILES string of the molecule is COc1cc(OC)cc(C(CCC(C)C)NN)c1. The van der Waals surface area contributed by atoms with E-state index in [2.05, 4.69) is 19.3 Å². The van der Waals surface area contributed by atoms with Gasteiger partial charge in [0.25, 0.3) is 0 Å². The number of hydrogen-bond acceptors (Lipinski definition) is 4. The summed E-state index contributed by atoms with van der Waals surface area (Å²) in [6.45, 7) is 4.42. The van der Waals surface area contributed by atoms with E-state index in [1.54, 1.807) is 14.2 Å². The molecule has 0 aliphatic heterocycles. The first-order valence-corrected chi connectivity index (χ1v) is 6.29. The molecule has 4 heteroatoms. The van der Waals surface area contributed by atoms with Gasteiger partial charge in [0.2, 0.25) is 0 Å². The molecule has 0 radical (unpaired) electrons. The van der Waals surface area contributed by atoms with Crippen LogP contribution in [0.3, 0.4) is 0 Å². The van der Waals surface area contributed by atoms with E-state index < -0.39 is 0 Å². The second-order valence-electron chi connectivity index (χ2n) is 4.84. The zero-order valence-electron chi connectivity index (χ0n) is 11.7. The summed E-state index contributed by atoms with van der Waals surface area (Å²) >= 11 is 0. The number of benzene rings is 1. The highest BCUT2D eigenvalue weighted by atomic mass is 16.5. The number of nitrogens with two attached hydrogens (primary N) is 1. The van der Waals surface area contributed by atoms with Gasteiger partial charge in [0.15, 0.2) is 0 Å². The molecule has 1 aromatic carbocycles. The number of nitrogens with one attached hydrogen (secondary N) is 1. The molecule has 1 unspecified atom stereocenters. The van der Waals surface area contributed by atoms with E-state index in [-0.39, 0.29) is 6.04 Å². The summed E-state index contributed by atoms with van der Waals surface area (Å²) in [7, 11) is 3.30. The van der Waals surface area contributed by atoms with Gasteiger partial charge in [0.05, 0.1) is 14.2 Å². The topological polar surface area (TPSA) is 56.5 Å². The Morgan fingerprint density at radius 3 is 2.00 bits per heavy atom. The van der Waals surface area contributed by atoms with Crippen LogP contribution >= 0.6 is 0 Å². The maximum Gasteiger partial charge on any atom is 0.122 e. The van der Waals surface area contributed by atoms with Crippen LogP contribution in [0.25, 0.3) is 0 Å². The summed E-state index contributed by atoms with van der Waals surface area (Å²) in [6.07, 6.45) is 2.11. The molecular formula is C14H24N2O2. The minimum absolute atomic E-state index is 0.122. The molecule has 0 aliphatic rings. The van der Waals surface area contributed by atoms with Crippen LogP contribution in [0.5, 0.6) is 11.5 Å². The maximum atomic E-state index is 5.64. The lowest BCUT2D eigenvalue weighted by Gasteiger charge is -2.19. The average molecular weight is 252 g/mol. The van der Waals surface area contributed by atoms with Gasteiger partial charge < -0.3 is 9.47 Å². The molecule has 0 fully saturated rings. The monoisotopic (exact) mass is 252 g/mol. The third kappa shape index (κ3) is 4.20. The molecule has 0 bridgehead atoms. The fraction of sp³-hybridized carbons (Fsp3) is 0.571. The zero-order chi connectivity index (χ0) is 13.5. The fourth-order valence-electron chi connectivity index (χ4n) is 1.88. The van der Waals surface area contributed by atoms with Crippen LogP contribution in [0, 0.1) is 5.92 Å². The standard InChI is InChI=1S/C14H24N2O2/c1-10(2)5-6-14(16-15)11-7-12(17-3)9-13(8-11)18-4/h7-10,14,16H,5-6,15H2,1-4H3. The molecule has 1 atom stereocenters. The lowest BCUT2D eigenvalue weighted by molar-refractivity contribution is 0.389. The summed E-state index contributed by atoms with van der Waals surface area (Å²) in [4.78, 5) is 0. The van der Waals surface area contributed by atoms with E-state index in [0.29, 0.717) is 5.92 Å². The molecule has 0 spiro atoms. The van der Waals surface area contributed by atoms with E-state index in [4.69, 9.17) is 15.3 Å². The number of ether oxygens (including phenoxy) is 2. The van der Waals surface area contributed by atoms with E-state index >= 15 is 0 Å². The van der Waals surface area contributed by atoms with Crippen molar-refractivity contribution >= 4 is 0 Å². The Morgan fingerprint density at radius 1 is 1.06 bits per heavy atom. The first kappa shape index (κ1) is 14.8. The van der Waals surface area contributed by atoms with Crippen molar-refractivity contribution in [2.45, 2.75) is 32.7 Å². The molecular weight excluding hydrogens is 228 g/mol. The second kappa shape index (κ2) is 7.24. The summed E-state index contributed by atoms with van der Waals surface area (Å²) in [5, 5.41) is 0. The number of hydrogen-bond donors (Lipinski definition) is 2. The van der Waals surface area contributed by atoms with Crippen LogP contribution < -0.4 is 20.7 Å². The van der Waals surface area contributed by atoms with Crippen LogP contribution in [0.1, 0.15) is 38.3 Å². The number of rotatable bonds is 7. The Bertz CT molecular complexity index is 345. The lowest BCUT2D eigenvalue weighted by Crippen LogP contribution is -2.28. The van der Waals surface area contributed by atoms with Gasteiger partial charge in [-0.2, -0.15) is 0 Å². The predicted octanol–water partition coefficient (Wildman–Crippen LogP) is 2.64. The molecule has 0 saturated heterocycles. The molecule has 0 amide bonds. The van der Waals surface area contributed by atoms with Crippen molar-refractivity contribution in [2.24, 2.45) is 11.8 Å². The normalized spacial score (nSPS) is 12.6. The molecule has 0 saturated carbocycles. The molecule has 0 aromatic heterocycles. The van der Waals surface area contributed by atoms with Crippen LogP contribution in [0.2, 0.25) is 0 Å². The Labute approximate surface area is 109 Å². The number of hydrazine groups is 1. The van der Waals surface area contributed by atoms with Gasteiger partial charge in [0, 0.05) is 12.1 Å². The minimum atomic E-state index is 0.122. The van der Waals surface area contributed by atoms with Gasteiger partial charge in [-0.1, -0.05) is 13.8 Å². The summed E-state index contributed by atoms with van der Waals surface area (Å²) in [5.74, 6) is 7.88.